The maximum atomic E-state index is 11.3. The van der Waals surface area contributed by atoms with Gasteiger partial charge in [0, 0.05) is 6.07 Å². The third-order valence-corrected chi connectivity index (χ3v) is 2.02. The number of rotatable bonds is 2. The maximum Gasteiger partial charge on any atom is 0.322 e. The van der Waals surface area contributed by atoms with Gasteiger partial charge in [-0.25, -0.2) is 9.78 Å². The number of urea groups is 1. The standard InChI is InChI=1S/C9H9N3O3/c1-15-6-4-2-3-5(10-6)7-8(13)12-9(14)11-7/h2-4,7H,1H3,(H2,11,12,13,14). The molecule has 0 saturated carbocycles. The van der Waals surface area contributed by atoms with Crippen molar-refractivity contribution in [1.29, 1.82) is 0 Å². The minimum absolute atomic E-state index is 0.402. The molecule has 2 N–H and O–H groups in total. The zero-order valence-corrected chi connectivity index (χ0v) is 7.98. The Morgan fingerprint density at radius 3 is 2.80 bits per heavy atom. The average molecular weight is 207 g/mol. The Hall–Kier alpha value is -2.11. The van der Waals surface area contributed by atoms with Crippen LogP contribution < -0.4 is 15.4 Å². The number of hydrogen-bond acceptors (Lipinski definition) is 4. The molecule has 1 fully saturated rings. The van der Waals surface area contributed by atoms with Crippen LogP contribution in [0.5, 0.6) is 5.88 Å². The van der Waals surface area contributed by atoms with E-state index in [2.05, 4.69) is 15.6 Å². The predicted molar refractivity (Wildman–Crippen MR) is 50.2 cm³/mol. The van der Waals surface area contributed by atoms with E-state index in [0.717, 1.165) is 0 Å². The molecule has 78 valence electrons. The van der Waals surface area contributed by atoms with Gasteiger partial charge in [-0.3, -0.25) is 10.1 Å². The number of carbonyl (C=O) groups excluding carboxylic acids is 2. The molecule has 0 aliphatic carbocycles. The molecular formula is C9H9N3O3. The first-order chi connectivity index (χ1) is 7.20. The summed E-state index contributed by atoms with van der Waals surface area (Å²) < 4.78 is 4.92. The van der Waals surface area contributed by atoms with E-state index in [1.54, 1.807) is 18.2 Å². The van der Waals surface area contributed by atoms with Crippen LogP contribution in [0.25, 0.3) is 0 Å². The molecule has 1 aromatic rings. The second-order valence-electron chi connectivity index (χ2n) is 3.00. The number of nitrogens with zero attached hydrogens (tertiary/aromatic N) is 1. The van der Waals surface area contributed by atoms with E-state index in [4.69, 9.17) is 4.74 Å². The lowest BCUT2D eigenvalue weighted by molar-refractivity contribution is -0.120. The normalized spacial score (nSPS) is 19.7. The fourth-order valence-corrected chi connectivity index (χ4v) is 1.33. The molecule has 2 rings (SSSR count). The van der Waals surface area contributed by atoms with Crippen LogP contribution in [-0.4, -0.2) is 24.0 Å². The van der Waals surface area contributed by atoms with Crippen LogP contribution in [0.4, 0.5) is 4.79 Å². The van der Waals surface area contributed by atoms with E-state index in [1.165, 1.54) is 7.11 Å². The molecule has 15 heavy (non-hydrogen) atoms. The molecule has 1 aliphatic rings. The number of pyridine rings is 1. The molecule has 1 aliphatic heterocycles. The highest BCUT2D eigenvalue weighted by Gasteiger charge is 2.31. The average Bonchev–Trinajstić information content (AvgIpc) is 2.58. The summed E-state index contributed by atoms with van der Waals surface area (Å²) in [6.45, 7) is 0. The van der Waals surface area contributed by atoms with Gasteiger partial charge in [0.25, 0.3) is 5.91 Å². The maximum absolute atomic E-state index is 11.3. The molecule has 1 atom stereocenters. The van der Waals surface area contributed by atoms with E-state index in [1.807, 2.05) is 0 Å². The highest BCUT2D eigenvalue weighted by Crippen LogP contribution is 2.16. The van der Waals surface area contributed by atoms with Crippen LogP contribution in [0.3, 0.4) is 0 Å². The Morgan fingerprint density at radius 2 is 2.20 bits per heavy atom. The predicted octanol–water partition coefficient (Wildman–Crippen LogP) is -0.0293. The van der Waals surface area contributed by atoms with Gasteiger partial charge in [-0.15, -0.1) is 0 Å². The highest BCUT2D eigenvalue weighted by atomic mass is 16.5. The number of imide groups is 1. The van der Waals surface area contributed by atoms with Gasteiger partial charge in [-0.05, 0) is 6.07 Å². The van der Waals surface area contributed by atoms with Crippen molar-refractivity contribution in [2.24, 2.45) is 0 Å². The topological polar surface area (TPSA) is 80.3 Å². The molecule has 0 radical (unpaired) electrons. The zero-order valence-electron chi connectivity index (χ0n) is 7.98. The minimum atomic E-state index is -0.729. The monoisotopic (exact) mass is 207 g/mol. The molecule has 1 aromatic heterocycles. The number of methoxy groups -OCH3 is 1. The van der Waals surface area contributed by atoms with Crippen LogP contribution in [0.1, 0.15) is 11.7 Å². The van der Waals surface area contributed by atoms with Crippen molar-refractivity contribution in [3.8, 4) is 5.88 Å². The van der Waals surface area contributed by atoms with E-state index in [9.17, 15) is 9.59 Å². The van der Waals surface area contributed by atoms with Gasteiger partial charge in [0.15, 0.2) is 6.04 Å². The molecule has 2 heterocycles. The van der Waals surface area contributed by atoms with E-state index >= 15 is 0 Å². The van der Waals surface area contributed by atoms with Gasteiger partial charge in [-0.1, -0.05) is 6.07 Å². The SMILES string of the molecule is COc1cccc(C2NC(=O)NC2=O)n1. The van der Waals surface area contributed by atoms with Gasteiger partial charge >= 0.3 is 6.03 Å². The first-order valence-corrected chi connectivity index (χ1v) is 4.33. The Morgan fingerprint density at radius 1 is 1.40 bits per heavy atom. The van der Waals surface area contributed by atoms with Gasteiger partial charge < -0.3 is 10.1 Å². The molecule has 0 aromatic carbocycles. The minimum Gasteiger partial charge on any atom is -0.481 e. The Labute approximate surface area is 85.6 Å². The fourth-order valence-electron chi connectivity index (χ4n) is 1.33. The summed E-state index contributed by atoms with van der Waals surface area (Å²) in [5, 5.41) is 4.59. The summed E-state index contributed by atoms with van der Waals surface area (Å²) >= 11 is 0. The third kappa shape index (κ3) is 1.74. The van der Waals surface area contributed by atoms with Crippen LogP contribution in [-0.2, 0) is 4.79 Å². The van der Waals surface area contributed by atoms with Gasteiger partial charge in [0.2, 0.25) is 5.88 Å². The molecule has 6 nitrogen and oxygen atoms in total. The van der Waals surface area contributed by atoms with Crippen molar-refractivity contribution in [3.05, 3.63) is 23.9 Å². The van der Waals surface area contributed by atoms with Crippen LogP contribution >= 0.6 is 0 Å². The van der Waals surface area contributed by atoms with Crippen molar-refractivity contribution >= 4 is 11.9 Å². The van der Waals surface area contributed by atoms with E-state index < -0.39 is 18.0 Å². The van der Waals surface area contributed by atoms with Crippen molar-refractivity contribution in [1.82, 2.24) is 15.6 Å². The van der Waals surface area contributed by atoms with Crippen LogP contribution in [0.2, 0.25) is 0 Å². The lowest BCUT2D eigenvalue weighted by Gasteiger charge is -2.07. The summed E-state index contributed by atoms with van der Waals surface area (Å²) in [4.78, 5) is 26.3. The number of aromatic nitrogens is 1. The zero-order chi connectivity index (χ0) is 10.8. The second kappa shape index (κ2) is 3.56. The van der Waals surface area contributed by atoms with Crippen molar-refractivity contribution < 1.29 is 14.3 Å². The summed E-state index contributed by atoms with van der Waals surface area (Å²) in [5.74, 6) is 0.00204. The first-order valence-electron chi connectivity index (χ1n) is 4.33. The molecular weight excluding hydrogens is 198 g/mol. The highest BCUT2D eigenvalue weighted by molar-refractivity contribution is 6.04. The second-order valence-corrected chi connectivity index (χ2v) is 3.00. The smallest absolute Gasteiger partial charge is 0.322 e. The molecule has 1 saturated heterocycles. The lowest BCUT2D eigenvalue weighted by atomic mass is 10.2. The van der Waals surface area contributed by atoms with Gasteiger partial charge in [-0.2, -0.15) is 0 Å². The number of ether oxygens (including phenoxy) is 1. The van der Waals surface area contributed by atoms with Crippen molar-refractivity contribution in [2.45, 2.75) is 6.04 Å². The van der Waals surface area contributed by atoms with Crippen LogP contribution in [0, 0.1) is 0 Å². The summed E-state index contributed by atoms with van der Waals surface area (Å²) in [6.07, 6.45) is 0. The largest absolute Gasteiger partial charge is 0.481 e. The van der Waals surface area contributed by atoms with E-state index in [0.29, 0.717) is 11.6 Å². The summed E-state index contributed by atoms with van der Waals surface area (Å²) in [6, 6.07) is 3.79. The molecule has 6 heteroatoms. The quantitative estimate of drug-likeness (QED) is 0.667. The third-order valence-electron chi connectivity index (χ3n) is 2.02. The van der Waals surface area contributed by atoms with Crippen molar-refractivity contribution in [2.75, 3.05) is 7.11 Å². The van der Waals surface area contributed by atoms with Gasteiger partial charge in [0.1, 0.15) is 0 Å². The number of hydrogen-bond donors (Lipinski definition) is 2. The van der Waals surface area contributed by atoms with Crippen molar-refractivity contribution in [3.63, 3.8) is 0 Å². The lowest BCUT2D eigenvalue weighted by Crippen LogP contribution is -2.22. The number of nitrogens with one attached hydrogen (secondary N) is 2. The molecule has 3 amide bonds. The molecule has 1 unspecified atom stereocenters. The summed E-state index contributed by atoms with van der Waals surface area (Å²) in [5.41, 5.74) is 0.456. The summed E-state index contributed by atoms with van der Waals surface area (Å²) in [7, 11) is 1.49. The number of amides is 3. The Kier molecular flexibility index (Phi) is 2.24. The Balaban J connectivity index is 2.29. The first kappa shape index (κ1) is 9.45. The fraction of sp³-hybridized carbons (Fsp3) is 0.222. The molecule has 0 bridgehead atoms. The Bertz CT molecular complexity index is 419. The number of carbonyl (C=O) groups is 2. The van der Waals surface area contributed by atoms with E-state index in [-0.39, 0.29) is 0 Å². The molecule has 0 spiro atoms. The van der Waals surface area contributed by atoms with Gasteiger partial charge in [0.05, 0.1) is 12.8 Å². The van der Waals surface area contributed by atoms with Crippen LogP contribution in [0.15, 0.2) is 18.2 Å².